The molecule has 0 amide bonds. The Balaban J connectivity index is 0.00000182. The fraction of sp³-hybridized carbons (Fsp3) is 0.421. The zero-order valence-electron chi connectivity index (χ0n) is 15.4. The molecule has 1 aliphatic rings. The first-order valence-corrected chi connectivity index (χ1v) is 8.82. The third-order valence-electron chi connectivity index (χ3n) is 4.46. The van der Waals surface area contributed by atoms with Crippen molar-refractivity contribution >= 4 is 42.3 Å². The van der Waals surface area contributed by atoms with Gasteiger partial charge < -0.3 is 16.0 Å². The molecule has 0 aliphatic carbocycles. The normalized spacial score (nSPS) is 15.4. The summed E-state index contributed by atoms with van der Waals surface area (Å²) in [5.74, 6) is 2.06. The van der Waals surface area contributed by atoms with Gasteiger partial charge in [-0.05, 0) is 43.5 Å². The van der Waals surface area contributed by atoms with Crippen LogP contribution in [-0.2, 0) is 6.42 Å². The van der Waals surface area contributed by atoms with Crippen LogP contribution in [0.3, 0.4) is 0 Å². The van der Waals surface area contributed by atoms with Gasteiger partial charge in [-0.1, -0.05) is 19.4 Å². The highest BCUT2D eigenvalue weighted by molar-refractivity contribution is 5.85. The minimum Gasteiger partial charge on any atom is -0.356 e. The molecule has 1 atom stereocenters. The summed E-state index contributed by atoms with van der Waals surface area (Å²) in [7, 11) is 0. The zero-order chi connectivity index (χ0) is 17.6. The van der Waals surface area contributed by atoms with E-state index in [0.717, 1.165) is 56.1 Å². The predicted molar refractivity (Wildman–Crippen MR) is 114 cm³/mol. The van der Waals surface area contributed by atoms with Crippen molar-refractivity contribution in [3.63, 3.8) is 0 Å². The van der Waals surface area contributed by atoms with Crippen molar-refractivity contribution in [3.05, 3.63) is 41.6 Å². The minimum absolute atomic E-state index is 0. The Hall–Kier alpha value is -2.07. The van der Waals surface area contributed by atoms with Crippen molar-refractivity contribution in [2.75, 3.05) is 29.9 Å². The van der Waals surface area contributed by atoms with E-state index in [4.69, 9.17) is 16.0 Å². The third-order valence-corrected chi connectivity index (χ3v) is 4.46. The Morgan fingerprint density at radius 2 is 2.11 bits per heavy atom. The van der Waals surface area contributed by atoms with Crippen LogP contribution in [0.15, 0.2) is 30.3 Å². The van der Waals surface area contributed by atoms with Crippen LogP contribution in [0.1, 0.15) is 31.0 Å². The first-order chi connectivity index (χ1) is 12.2. The molecule has 1 aliphatic heterocycles. The van der Waals surface area contributed by atoms with Crippen LogP contribution in [-0.4, -0.2) is 29.6 Å². The highest BCUT2D eigenvalue weighted by Gasteiger charge is 2.23. The van der Waals surface area contributed by atoms with Crippen LogP contribution >= 0.6 is 24.8 Å². The van der Waals surface area contributed by atoms with Gasteiger partial charge in [0.25, 0.3) is 0 Å². The van der Waals surface area contributed by atoms with Crippen LogP contribution in [0.4, 0.5) is 17.5 Å². The maximum atomic E-state index is 9.05. The van der Waals surface area contributed by atoms with Crippen LogP contribution < -0.4 is 16.0 Å². The number of hydrogen-bond donors (Lipinski definition) is 2. The van der Waals surface area contributed by atoms with E-state index >= 15 is 0 Å². The number of anilines is 3. The van der Waals surface area contributed by atoms with Crippen molar-refractivity contribution in [3.8, 4) is 6.07 Å². The smallest absolute Gasteiger partial charge is 0.229 e. The summed E-state index contributed by atoms with van der Waals surface area (Å²) in [6.45, 7) is 4.79. The van der Waals surface area contributed by atoms with Gasteiger partial charge in [-0.3, -0.25) is 0 Å². The number of nitrogens with zero attached hydrogens (tertiary/aromatic N) is 4. The molecule has 27 heavy (non-hydrogen) atoms. The minimum atomic E-state index is 0. The number of aromatic nitrogens is 2. The summed E-state index contributed by atoms with van der Waals surface area (Å²) in [4.78, 5) is 11.6. The van der Waals surface area contributed by atoms with Gasteiger partial charge in [0.05, 0.1) is 11.6 Å². The summed E-state index contributed by atoms with van der Waals surface area (Å²) in [6, 6.07) is 11.6. The van der Waals surface area contributed by atoms with E-state index in [1.807, 2.05) is 12.1 Å². The lowest BCUT2D eigenvalue weighted by Crippen LogP contribution is -2.24. The van der Waals surface area contributed by atoms with Crippen LogP contribution in [0.5, 0.6) is 0 Å². The molecule has 0 saturated carbocycles. The first kappa shape index (κ1) is 23.0. The molecule has 3 N–H and O–H groups in total. The van der Waals surface area contributed by atoms with Crippen LogP contribution in [0.25, 0.3) is 0 Å². The number of nitrogens with one attached hydrogen (secondary N) is 1. The summed E-state index contributed by atoms with van der Waals surface area (Å²) < 4.78 is 0. The molecule has 0 bridgehead atoms. The Morgan fingerprint density at radius 1 is 1.30 bits per heavy atom. The Labute approximate surface area is 173 Å². The summed E-state index contributed by atoms with van der Waals surface area (Å²) in [5.41, 5.74) is 8.27. The Morgan fingerprint density at radius 3 is 2.78 bits per heavy atom. The predicted octanol–water partition coefficient (Wildman–Crippen LogP) is 3.67. The average Bonchev–Trinajstić information content (AvgIpc) is 3.11. The second kappa shape index (κ2) is 10.9. The second-order valence-corrected chi connectivity index (χ2v) is 6.45. The lowest BCUT2D eigenvalue weighted by molar-refractivity contribution is 0.602. The van der Waals surface area contributed by atoms with E-state index in [1.54, 1.807) is 12.1 Å². The number of nitriles is 1. The Bertz CT molecular complexity index is 777. The van der Waals surface area contributed by atoms with Gasteiger partial charge in [-0.15, -0.1) is 24.8 Å². The molecule has 6 nitrogen and oxygen atoms in total. The van der Waals surface area contributed by atoms with Crippen molar-refractivity contribution in [2.45, 2.75) is 26.2 Å². The molecule has 8 heteroatoms. The molecule has 0 unspecified atom stereocenters. The average molecular weight is 409 g/mol. The van der Waals surface area contributed by atoms with Gasteiger partial charge in [0.15, 0.2) is 0 Å². The quantitative estimate of drug-likeness (QED) is 0.757. The number of halogens is 2. The molecule has 1 aromatic carbocycles. The monoisotopic (exact) mass is 408 g/mol. The van der Waals surface area contributed by atoms with Gasteiger partial charge in [-0.25, -0.2) is 4.98 Å². The molecule has 1 saturated heterocycles. The standard InChI is InChI=1S/C19H24N6.2ClH/c1-2-4-16-10-18(25-8-7-15(12-21)13-25)24-19(22-16)23-17-6-3-5-14(9-17)11-20;;/h3,5-6,9-10,15H,2,4,7-8,12-13,21H2,1H3,(H,22,23,24);2*1H/t15-;;/m1../s1. The van der Waals surface area contributed by atoms with Crippen molar-refractivity contribution < 1.29 is 0 Å². The zero-order valence-corrected chi connectivity index (χ0v) is 17.0. The molecule has 3 rings (SSSR count). The van der Waals surface area contributed by atoms with Gasteiger partial charge in [-0.2, -0.15) is 10.2 Å². The molecule has 146 valence electrons. The van der Waals surface area contributed by atoms with Crippen molar-refractivity contribution in [2.24, 2.45) is 11.7 Å². The third kappa shape index (κ3) is 5.96. The van der Waals surface area contributed by atoms with Gasteiger partial charge in [0, 0.05) is 30.5 Å². The highest BCUT2D eigenvalue weighted by Crippen LogP contribution is 2.25. The van der Waals surface area contributed by atoms with Gasteiger partial charge in [0.2, 0.25) is 5.95 Å². The second-order valence-electron chi connectivity index (χ2n) is 6.45. The van der Waals surface area contributed by atoms with E-state index in [2.05, 4.69) is 34.3 Å². The van der Waals surface area contributed by atoms with Crippen LogP contribution in [0.2, 0.25) is 0 Å². The number of aryl methyl sites for hydroxylation is 1. The molecule has 2 aromatic rings. The molecule has 1 aromatic heterocycles. The van der Waals surface area contributed by atoms with E-state index < -0.39 is 0 Å². The molecule has 0 radical (unpaired) electrons. The van der Waals surface area contributed by atoms with E-state index in [1.165, 1.54) is 0 Å². The molecule has 2 heterocycles. The summed E-state index contributed by atoms with van der Waals surface area (Å²) in [6.07, 6.45) is 3.05. The van der Waals surface area contributed by atoms with Crippen molar-refractivity contribution in [1.29, 1.82) is 5.26 Å². The highest BCUT2D eigenvalue weighted by atomic mass is 35.5. The first-order valence-electron chi connectivity index (χ1n) is 8.82. The fourth-order valence-corrected chi connectivity index (χ4v) is 3.11. The van der Waals surface area contributed by atoms with Gasteiger partial charge in [0.1, 0.15) is 5.82 Å². The summed E-state index contributed by atoms with van der Waals surface area (Å²) in [5, 5.41) is 12.3. The van der Waals surface area contributed by atoms with E-state index in [0.29, 0.717) is 17.4 Å². The maximum absolute atomic E-state index is 9.05. The molecule has 0 spiro atoms. The number of nitrogens with two attached hydrogens (primary N) is 1. The lowest BCUT2D eigenvalue weighted by Gasteiger charge is -2.19. The molecular weight excluding hydrogens is 383 g/mol. The number of hydrogen-bond acceptors (Lipinski definition) is 6. The fourth-order valence-electron chi connectivity index (χ4n) is 3.11. The van der Waals surface area contributed by atoms with Crippen molar-refractivity contribution in [1.82, 2.24) is 9.97 Å². The topological polar surface area (TPSA) is 90.9 Å². The lowest BCUT2D eigenvalue weighted by atomic mass is 10.1. The number of rotatable bonds is 6. The SMILES string of the molecule is CCCc1cc(N2CC[C@H](CN)C2)nc(Nc2cccc(C#N)c2)n1.Cl.Cl. The van der Waals surface area contributed by atoms with Crippen LogP contribution in [0, 0.1) is 17.2 Å². The van der Waals surface area contributed by atoms with Gasteiger partial charge >= 0.3 is 0 Å². The molecular formula is C19H26Cl2N6. The van der Waals surface area contributed by atoms with E-state index in [9.17, 15) is 0 Å². The Kier molecular flexibility index (Phi) is 9.30. The maximum Gasteiger partial charge on any atom is 0.229 e. The summed E-state index contributed by atoms with van der Waals surface area (Å²) >= 11 is 0. The number of benzene rings is 1. The largest absolute Gasteiger partial charge is 0.356 e. The van der Waals surface area contributed by atoms with E-state index in [-0.39, 0.29) is 24.8 Å². The molecule has 1 fully saturated rings.